The maximum absolute atomic E-state index is 6.00. The molecule has 0 spiro atoms. The Hall–Kier alpha value is -0.643. The smallest absolute Gasteiger partial charge is 0.355 e. The van der Waals surface area contributed by atoms with Crippen LogP contribution in [0.5, 0.6) is 0 Å². The van der Waals surface area contributed by atoms with Gasteiger partial charge in [0.15, 0.2) is 0 Å². The summed E-state index contributed by atoms with van der Waals surface area (Å²) in [5, 5.41) is 1.21. The third-order valence-corrected chi connectivity index (χ3v) is 4.50. The molecule has 0 aromatic heterocycles. The lowest BCUT2D eigenvalue weighted by molar-refractivity contribution is 0.152. The van der Waals surface area contributed by atoms with Crippen molar-refractivity contribution in [3.8, 4) is 0 Å². The molecule has 15 heavy (non-hydrogen) atoms. The summed E-state index contributed by atoms with van der Waals surface area (Å²) in [6, 6.07) is 10.3. The lowest BCUT2D eigenvalue weighted by Crippen LogP contribution is -2.38. The monoisotopic (exact) mass is 224 g/mol. The van der Waals surface area contributed by atoms with Crippen molar-refractivity contribution < 1.29 is 8.85 Å². The lowest BCUT2D eigenvalue weighted by Gasteiger charge is -2.20. The molecular formula is C12H20O2Si. The van der Waals surface area contributed by atoms with Crippen LogP contribution in [0.3, 0.4) is 0 Å². The van der Waals surface area contributed by atoms with Crippen molar-refractivity contribution in [2.24, 2.45) is 0 Å². The Bertz CT molecular complexity index is 260. The van der Waals surface area contributed by atoms with E-state index in [9.17, 15) is 0 Å². The lowest BCUT2D eigenvalue weighted by atomic mass is 10.2. The summed E-state index contributed by atoms with van der Waals surface area (Å²) in [5.41, 5.74) is 0. The highest BCUT2D eigenvalue weighted by Gasteiger charge is 2.18. The minimum absolute atomic E-state index is 0.335. The molecule has 0 aliphatic rings. The Morgan fingerprint density at radius 3 is 2.20 bits per heavy atom. The standard InChI is InChI=1S/C12H20O2Si/c1-4-11(5-2)14-15(13-3)12-9-7-6-8-10-12/h6-11,15H,4-5H2,1-3H3. The summed E-state index contributed by atoms with van der Waals surface area (Å²) in [6.45, 7) is 4.31. The summed E-state index contributed by atoms with van der Waals surface area (Å²) in [4.78, 5) is 0. The van der Waals surface area contributed by atoms with Gasteiger partial charge in [0, 0.05) is 13.2 Å². The summed E-state index contributed by atoms with van der Waals surface area (Å²) >= 11 is 0. The fraction of sp³-hybridized carbons (Fsp3) is 0.500. The van der Waals surface area contributed by atoms with Crippen LogP contribution in [0.2, 0.25) is 0 Å². The van der Waals surface area contributed by atoms with E-state index in [0.29, 0.717) is 6.10 Å². The maximum Gasteiger partial charge on any atom is 0.355 e. The molecular weight excluding hydrogens is 204 g/mol. The van der Waals surface area contributed by atoms with Crippen LogP contribution in [0.4, 0.5) is 0 Å². The SMILES string of the molecule is CCC(CC)O[SiH](OC)c1ccccc1. The Morgan fingerprint density at radius 1 is 1.13 bits per heavy atom. The Balaban J connectivity index is 2.64. The fourth-order valence-corrected chi connectivity index (χ4v) is 3.35. The van der Waals surface area contributed by atoms with Crippen molar-refractivity contribution in [3.05, 3.63) is 30.3 Å². The molecule has 1 atom stereocenters. The fourth-order valence-electron chi connectivity index (χ4n) is 1.54. The van der Waals surface area contributed by atoms with Gasteiger partial charge in [-0.15, -0.1) is 0 Å². The van der Waals surface area contributed by atoms with Gasteiger partial charge in [-0.25, -0.2) is 0 Å². The number of benzene rings is 1. The molecule has 2 nitrogen and oxygen atoms in total. The van der Waals surface area contributed by atoms with E-state index in [1.807, 2.05) is 18.2 Å². The van der Waals surface area contributed by atoms with E-state index in [-0.39, 0.29) is 0 Å². The van der Waals surface area contributed by atoms with Crippen LogP contribution < -0.4 is 5.19 Å². The van der Waals surface area contributed by atoms with Crippen LogP contribution in [0.25, 0.3) is 0 Å². The summed E-state index contributed by atoms with van der Waals surface area (Å²) in [5.74, 6) is 0. The van der Waals surface area contributed by atoms with Crippen molar-refractivity contribution in [2.45, 2.75) is 32.8 Å². The maximum atomic E-state index is 6.00. The van der Waals surface area contributed by atoms with E-state index >= 15 is 0 Å². The highest BCUT2D eigenvalue weighted by Crippen LogP contribution is 2.05. The molecule has 1 unspecified atom stereocenters. The molecule has 0 heterocycles. The molecule has 0 N–H and O–H groups in total. The van der Waals surface area contributed by atoms with E-state index in [4.69, 9.17) is 8.85 Å². The first-order valence-corrected chi connectivity index (χ1v) is 7.07. The predicted molar refractivity (Wildman–Crippen MR) is 65.7 cm³/mol. The molecule has 0 radical (unpaired) electrons. The molecule has 3 heteroatoms. The average Bonchev–Trinajstić information content (AvgIpc) is 2.32. The molecule has 0 aliphatic carbocycles. The van der Waals surface area contributed by atoms with Crippen LogP contribution in [-0.2, 0) is 8.85 Å². The molecule has 84 valence electrons. The Morgan fingerprint density at radius 2 is 1.73 bits per heavy atom. The molecule has 0 fully saturated rings. The quantitative estimate of drug-likeness (QED) is 0.688. The van der Waals surface area contributed by atoms with Gasteiger partial charge in [0.1, 0.15) is 0 Å². The van der Waals surface area contributed by atoms with E-state index in [0.717, 1.165) is 12.8 Å². The molecule has 0 aliphatic heterocycles. The van der Waals surface area contributed by atoms with Gasteiger partial charge in [0.25, 0.3) is 0 Å². The number of hydrogen-bond donors (Lipinski definition) is 0. The second kappa shape index (κ2) is 6.77. The minimum Gasteiger partial charge on any atom is -0.397 e. The van der Waals surface area contributed by atoms with Crippen molar-refractivity contribution >= 4 is 14.5 Å². The molecule has 0 saturated carbocycles. The first kappa shape index (κ1) is 12.4. The Kier molecular flexibility index (Phi) is 5.61. The molecule has 0 saturated heterocycles. The first-order chi connectivity index (χ1) is 7.31. The highest BCUT2D eigenvalue weighted by atomic mass is 28.3. The molecule has 1 rings (SSSR count). The largest absolute Gasteiger partial charge is 0.397 e. The number of rotatable bonds is 6. The topological polar surface area (TPSA) is 18.5 Å². The zero-order chi connectivity index (χ0) is 11.1. The predicted octanol–water partition coefficient (Wildman–Crippen LogP) is 1.97. The third kappa shape index (κ3) is 3.78. The normalized spacial score (nSPS) is 13.1. The average molecular weight is 224 g/mol. The van der Waals surface area contributed by atoms with Gasteiger partial charge < -0.3 is 8.85 Å². The third-order valence-electron chi connectivity index (χ3n) is 2.51. The zero-order valence-electron chi connectivity index (χ0n) is 9.77. The second-order valence-corrected chi connectivity index (χ2v) is 5.63. The molecule has 1 aromatic carbocycles. The van der Waals surface area contributed by atoms with Crippen LogP contribution in [0, 0.1) is 0 Å². The van der Waals surface area contributed by atoms with E-state index in [2.05, 4.69) is 26.0 Å². The van der Waals surface area contributed by atoms with Crippen molar-refractivity contribution in [2.75, 3.05) is 7.11 Å². The van der Waals surface area contributed by atoms with Gasteiger partial charge in [-0.1, -0.05) is 44.2 Å². The van der Waals surface area contributed by atoms with E-state index in [1.54, 1.807) is 7.11 Å². The van der Waals surface area contributed by atoms with Crippen molar-refractivity contribution in [1.29, 1.82) is 0 Å². The zero-order valence-corrected chi connectivity index (χ0v) is 10.9. The highest BCUT2D eigenvalue weighted by molar-refractivity contribution is 6.61. The minimum atomic E-state index is -1.66. The van der Waals surface area contributed by atoms with Gasteiger partial charge in [-0.3, -0.25) is 0 Å². The molecule has 0 amide bonds. The summed E-state index contributed by atoms with van der Waals surface area (Å²) in [6.07, 6.45) is 2.44. The van der Waals surface area contributed by atoms with Gasteiger partial charge in [0.2, 0.25) is 0 Å². The molecule has 0 bridgehead atoms. The Labute approximate surface area is 94.1 Å². The first-order valence-electron chi connectivity index (χ1n) is 5.55. The van der Waals surface area contributed by atoms with Crippen LogP contribution in [-0.4, -0.2) is 22.5 Å². The van der Waals surface area contributed by atoms with Crippen LogP contribution >= 0.6 is 0 Å². The number of hydrogen-bond acceptors (Lipinski definition) is 2. The van der Waals surface area contributed by atoms with Gasteiger partial charge >= 0.3 is 9.28 Å². The summed E-state index contributed by atoms with van der Waals surface area (Å²) in [7, 11) is 0.0779. The second-order valence-electron chi connectivity index (χ2n) is 3.55. The van der Waals surface area contributed by atoms with E-state index < -0.39 is 9.28 Å². The van der Waals surface area contributed by atoms with Crippen molar-refractivity contribution in [1.82, 2.24) is 0 Å². The van der Waals surface area contributed by atoms with Gasteiger partial charge in [-0.05, 0) is 18.0 Å². The summed E-state index contributed by atoms with van der Waals surface area (Å²) < 4.78 is 11.5. The molecule has 1 aromatic rings. The van der Waals surface area contributed by atoms with E-state index in [1.165, 1.54) is 5.19 Å². The van der Waals surface area contributed by atoms with Gasteiger partial charge in [-0.2, -0.15) is 0 Å². The van der Waals surface area contributed by atoms with Gasteiger partial charge in [0.05, 0.1) is 0 Å². The van der Waals surface area contributed by atoms with Crippen LogP contribution in [0.15, 0.2) is 30.3 Å². The van der Waals surface area contributed by atoms with Crippen LogP contribution in [0.1, 0.15) is 26.7 Å². The van der Waals surface area contributed by atoms with Crippen molar-refractivity contribution in [3.63, 3.8) is 0 Å².